The number of aromatic hydroxyl groups is 1. The van der Waals surface area contributed by atoms with Crippen molar-refractivity contribution < 1.29 is 9.50 Å². The molecule has 1 N–H and O–H groups in total. The van der Waals surface area contributed by atoms with E-state index in [9.17, 15) is 9.50 Å². The molecule has 1 aliphatic heterocycles. The van der Waals surface area contributed by atoms with Crippen molar-refractivity contribution in [3.63, 3.8) is 0 Å². The number of piperidine rings is 1. The third kappa shape index (κ3) is 3.92. The van der Waals surface area contributed by atoms with Crippen LogP contribution < -0.4 is 0 Å². The van der Waals surface area contributed by atoms with Crippen LogP contribution in [0, 0.1) is 18.7 Å². The normalized spacial score (nSPS) is 17.7. The molecule has 5 nitrogen and oxygen atoms in total. The van der Waals surface area contributed by atoms with Gasteiger partial charge < -0.3 is 9.67 Å². The summed E-state index contributed by atoms with van der Waals surface area (Å²) in [6.45, 7) is 5.42. The Morgan fingerprint density at radius 3 is 2.93 bits per heavy atom. The molecule has 6 heteroatoms. The van der Waals surface area contributed by atoms with E-state index >= 15 is 0 Å². The predicted molar refractivity (Wildman–Crippen MR) is 106 cm³/mol. The fraction of sp³-hybridized carbons (Fsp3) is 0.364. The van der Waals surface area contributed by atoms with Crippen LogP contribution in [-0.2, 0) is 13.1 Å². The Morgan fingerprint density at radius 1 is 1.21 bits per heavy atom. The van der Waals surface area contributed by atoms with Crippen LogP contribution in [0.15, 0.2) is 48.9 Å². The lowest BCUT2D eigenvalue weighted by Crippen LogP contribution is -2.36. The van der Waals surface area contributed by atoms with E-state index in [4.69, 9.17) is 0 Å². The van der Waals surface area contributed by atoms with Crippen LogP contribution in [-0.4, -0.2) is 37.6 Å². The number of hydrogen-bond acceptors (Lipinski definition) is 4. The molecule has 0 spiro atoms. The lowest BCUT2D eigenvalue weighted by molar-refractivity contribution is 0.154. The zero-order chi connectivity index (χ0) is 19.5. The van der Waals surface area contributed by atoms with Crippen LogP contribution in [0.2, 0.25) is 0 Å². The van der Waals surface area contributed by atoms with Crippen molar-refractivity contribution in [2.45, 2.75) is 32.9 Å². The summed E-state index contributed by atoms with van der Waals surface area (Å²) in [5, 5.41) is 9.98. The summed E-state index contributed by atoms with van der Waals surface area (Å²) < 4.78 is 15.9. The first-order chi connectivity index (χ1) is 13.6. The zero-order valence-electron chi connectivity index (χ0n) is 16.1. The van der Waals surface area contributed by atoms with Crippen LogP contribution in [0.3, 0.4) is 0 Å². The molecule has 0 aliphatic carbocycles. The van der Waals surface area contributed by atoms with Gasteiger partial charge in [0.15, 0.2) is 11.6 Å². The van der Waals surface area contributed by atoms with Crippen molar-refractivity contribution in [3.8, 4) is 17.1 Å². The molecule has 1 saturated heterocycles. The molecule has 3 heterocycles. The number of benzene rings is 1. The first kappa shape index (κ1) is 18.6. The second-order valence-electron chi connectivity index (χ2n) is 7.57. The Balaban J connectivity index is 1.48. The minimum absolute atomic E-state index is 0.228. The van der Waals surface area contributed by atoms with Gasteiger partial charge in [0.2, 0.25) is 0 Å². The Bertz CT molecular complexity index is 941. The molecule has 1 unspecified atom stereocenters. The SMILES string of the molecule is Cc1cnc(-c2cccnc2)n1CC1CCCN(Cc2cccc(F)c2O)C1. The highest BCUT2D eigenvalue weighted by atomic mass is 19.1. The van der Waals surface area contributed by atoms with Gasteiger partial charge in [-0.15, -0.1) is 0 Å². The molecule has 0 bridgehead atoms. The van der Waals surface area contributed by atoms with E-state index in [1.807, 2.05) is 24.5 Å². The highest BCUT2D eigenvalue weighted by Crippen LogP contribution is 2.27. The number of halogens is 1. The number of hydrogen-bond donors (Lipinski definition) is 1. The maximum atomic E-state index is 13.6. The van der Waals surface area contributed by atoms with E-state index in [1.54, 1.807) is 18.3 Å². The number of likely N-dealkylation sites (tertiary alicyclic amines) is 1. The average Bonchev–Trinajstić information content (AvgIpc) is 3.07. The maximum absolute atomic E-state index is 13.6. The van der Waals surface area contributed by atoms with Crippen LogP contribution in [0.4, 0.5) is 4.39 Å². The zero-order valence-corrected chi connectivity index (χ0v) is 16.1. The second-order valence-corrected chi connectivity index (χ2v) is 7.57. The van der Waals surface area contributed by atoms with Crippen molar-refractivity contribution in [3.05, 3.63) is 66.0 Å². The number of aryl methyl sites for hydroxylation is 1. The highest BCUT2D eigenvalue weighted by Gasteiger charge is 2.23. The Hall–Kier alpha value is -2.73. The first-order valence-electron chi connectivity index (χ1n) is 9.73. The van der Waals surface area contributed by atoms with Crippen LogP contribution in [0.1, 0.15) is 24.1 Å². The van der Waals surface area contributed by atoms with Crippen LogP contribution >= 0.6 is 0 Å². The number of phenolic OH excluding ortho intramolecular Hbond substituents is 1. The van der Waals surface area contributed by atoms with Crippen LogP contribution in [0.25, 0.3) is 11.4 Å². The van der Waals surface area contributed by atoms with E-state index < -0.39 is 5.82 Å². The number of nitrogens with zero attached hydrogens (tertiary/aromatic N) is 4. The number of aromatic nitrogens is 3. The highest BCUT2D eigenvalue weighted by molar-refractivity contribution is 5.54. The predicted octanol–water partition coefficient (Wildman–Crippen LogP) is 4.01. The van der Waals surface area contributed by atoms with Gasteiger partial charge in [0.05, 0.1) is 0 Å². The summed E-state index contributed by atoms with van der Waals surface area (Å²) in [6.07, 6.45) is 7.77. The molecule has 146 valence electrons. The van der Waals surface area contributed by atoms with Crippen molar-refractivity contribution in [2.24, 2.45) is 5.92 Å². The van der Waals surface area contributed by atoms with E-state index in [1.165, 1.54) is 6.07 Å². The molecule has 0 amide bonds. The van der Waals surface area contributed by atoms with Gasteiger partial charge in [-0.1, -0.05) is 12.1 Å². The largest absolute Gasteiger partial charge is 0.505 e. The molecule has 1 aliphatic rings. The first-order valence-corrected chi connectivity index (χ1v) is 9.73. The van der Waals surface area contributed by atoms with Gasteiger partial charge >= 0.3 is 0 Å². The summed E-state index contributed by atoms with van der Waals surface area (Å²) in [7, 11) is 0. The van der Waals surface area contributed by atoms with Gasteiger partial charge in [-0.2, -0.15) is 0 Å². The van der Waals surface area contributed by atoms with E-state index in [0.717, 1.165) is 49.6 Å². The summed E-state index contributed by atoms with van der Waals surface area (Å²) in [6, 6.07) is 8.70. The smallest absolute Gasteiger partial charge is 0.165 e. The molecular formula is C22H25FN4O. The monoisotopic (exact) mass is 380 g/mol. The molecule has 2 aromatic heterocycles. The number of phenols is 1. The van der Waals surface area contributed by atoms with Crippen molar-refractivity contribution in [1.29, 1.82) is 0 Å². The van der Waals surface area contributed by atoms with Gasteiger partial charge in [0.25, 0.3) is 0 Å². The fourth-order valence-corrected chi connectivity index (χ4v) is 4.05. The van der Waals surface area contributed by atoms with Gasteiger partial charge in [-0.25, -0.2) is 9.37 Å². The Morgan fingerprint density at radius 2 is 2.11 bits per heavy atom. The average molecular weight is 380 g/mol. The summed E-state index contributed by atoms with van der Waals surface area (Å²) in [4.78, 5) is 11.1. The third-order valence-corrected chi connectivity index (χ3v) is 5.48. The van der Waals surface area contributed by atoms with Crippen LogP contribution in [0.5, 0.6) is 5.75 Å². The van der Waals surface area contributed by atoms with E-state index in [-0.39, 0.29) is 5.75 Å². The lowest BCUT2D eigenvalue weighted by atomic mass is 9.97. The lowest BCUT2D eigenvalue weighted by Gasteiger charge is -2.33. The molecule has 0 saturated carbocycles. The molecular weight excluding hydrogens is 355 g/mol. The standard InChI is InChI=1S/C22H25FN4O/c1-16-11-25-22(18-7-3-9-24-12-18)27(16)14-17-5-4-10-26(13-17)15-19-6-2-8-20(23)21(19)28/h2-3,6-9,11-12,17,28H,4-5,10,13-15H2,1H3. The number of para-hydroxylation sites is 1. The Labute approximate surface area is 164 Å². The molecule has 1 atom stereocenters. The van der Waals surface area contributed by atoms with Gasteiger partial charge in [0, 0.05) is 55.0 Å². The van der Waals surface area contributed by atoms with Gasteiger partial charge in [-0.05, 0) is 50.4 Å². The van der Waals surface area contributed by atoms with E-state index in [0.29, 0.717) is 18.0 Å². The quantitative estimate of drug-likeness (QED) is 0.727. The minimum Gasteiger partial charge on any atom is -0.505 e. The molecule has 3 aromatic rings. The fourth-order valence-electron chi connectivity index (χ4n) is 4.05. The maximum Gasteiger partial charge on any atom is 0.165 e. The topological polar surface area (TPSA) is 54.2 Å². The summed E-state index contributed by atoms with van der Waals surface area (Å²) in [5.41, 5.74) is 2.81. The minimum atomic E-state index is -0.554. The molecule has 28 heavy (non-hydrogen) atoms. The molecule has 1 aromatic carbocycles. The summed E-state index contributed by atoms with van der Waals surface area (Å²) in [5.74, 6) is 0.647. The number of rotatable bonds is 5. The van der Waals surface area contributed by atoms with Crippen molar-refractivity contribution in [1.82, 2.24) is 19.4 Å². The number of imidazole rings is 1. The molecule has 1 fully saturated rings. The molecule has 4 rings (SSSR count). The third-order valence-electron chi connectivity index (χ3n) is 5.48. The Kier molecular flexibility index (Phi) is 5.39. The van der Waals surface area contributed by atoms with Crippen molar-refractivity contribution >= 4 is 0 Å². The number of pyridine rings is 1. The van der Waals surface area contributed by atoms with Crippen molar-refractivity contribution in [2.75, 3.05) is 13.1 Å². The summed E-state index contributed by atoms with van der Waals surface area (Å²) >= 11 is 0. The second kappa shape index (κ2) is 8.10. The van der Waals surface area contributed by atoms with E-state index in [2.05, 4.69) is 26.4 Å². The molecule has 0 radical (unpaired) electrons. The van der Waals surface area contributed by atoms with Gasteiger partial charge in [-0.3, -0.25) is 9.88 Å². The van der Waals surface area contributed by atoms with Gasteiger partial charge in [0.1, 0.15) is 5.82 Å².